The molecule has 0 spiro atoms. The lowest BCUT2D eigenvalue weighted by Gasteiger charge is -2.16. The Kier molecular flexibility index (Phi) is 4.59. The minimum Gasteiger partial charge on any atom is -0.258 e. The van der Waals surface area contributed by atoms with Crippen LogP contribution in [0.15, 0.2) is 17.0 Å². The third-order valence-electron chi connectivity index (χ3n) is 2.65. The molecule has 0 amide bonds. The van der Waals surface area contributed by atoms with E-state index in [1.165, 1.54) is 14.0 Å². The number of sulfonamides is 1. The Morgan fingerprint density at radius 2 is 2.00 bits per heavy atom. The number of aryl methyl sites for hydroxylation is 1. The maximum atomic E-state index is 13.5. The van der Waals surface area contributed by atoms with Gasteiger partial charge in [-0.2, -0.15) is 4.39 Å². The quantitative estimate of drug-likeness (QED) is 0.614. The molecule has 0 saturated heterocycles. The second kappa shape index (κ2) is 5.62. The molecule has 0 atom stereocenters. The lowest BCUT2D eigenvalue weighted by molar-refractivity contribution is -0.387. The SMILES string of the molecule is CCCN(C)S(=O)(=O)c1cc(C)c(F)c([N+](=O)[O-])c1. The fourth-order valence-corrected chi connectivity index (χ4v) is 2.98. The summed E-state index contributed by atoms with van der Waals surface area (Å²) in [6.45, 7) is 3.39. The molecule has 0 N–H and O–H groups in total. The minimum absolute atomic E-state index is 0.0716. The first kappa shape index (κ1) is 15.5. The first-order valence-corrected chi connectivity index (χ1v) is 7.06. The number of hydrogen-bond acceptors (Lipinski definition) is 4. The molecule has 0 aliphatic carbocycles. The summed E-state index contributed by atoms with van der Waals surface area (Å²) >= 11 is 0. The van der Waals surface area contributed by atoms with Gasteiger partial charge in [0.15, 0.2) is 0 Å². The first-order valence-electron chi connectivity index (χ1n) is 5.62. The topological polar surface area (TPSA) is 80.5 Å². The van der Waals surface area contributed by atoms with Gasteiger partial charge in [-0.25, -0.2) is 12.7 Å². The van der Waals surface area contributed by atoms with Gasteiger partial charge in [0.1, 0.15) is 0 Å². The van der Waals surface area contributed by atoms with Crippen molar-refractivity contribution < 1.29 is 17.7 Å². The highest BCUT2D eigenvalue weighted by molar-refractivity contribution is 7.89. The van der Waals surface area contributed by atoms with Gasteiger partial charge in [0.05, 0.1) is 9.82 Å². The van der Waals surface area contributed by atoms with Crippen molar-refractivity contribution in [3.8, 4) is 0 Å². The molecule has 0 aliphatic rings. The van der Waals surface area contributed by atoms with Crippen LogP contribution in [0.25, 0.3) is 0 Å². The number of nitro benzene ring substituents is 1. The number of nitrogens with zero attached hydrogens (tertiary/aromatic N) is 2. The summed E-state index contributed by atoms with van der Waals surface area (Å²) in [5.74, 6) is -1.01. The zero-order valence-corrected chi connectivity index (χ0v) is 11.7. The smallest absolute Gasteiger partial charge is 0.258 e. The van der Waals surface area contributed by atoms with Crippen LogP contribution in [-0.2, 0) is 10.0 Å². The molecule has 6 nitrogen and oxygen atoms in total. The van der Waals surface area contributed by atoms with E-state index in [2.05, 4.69) is 0 Å². The third kappa shape index (κ3) is 3.07. The van der Waals surface area contributed by atoms with Gasteiger partial charge < -0.3 is 0 Å². The molecule has 1 rings (SSSR count). The predicted octanol–water partition coefficient (Wildman–Crippen LogP) is 2.07. The van der Waals surface area contributed by atoms with Crippen molar-refractivity contribution in [3.05, 3.63) is 33.6 Å². The molecule has 106 valence electrons. The summed E-state index contributed by atoms with van der Waals surface area (Å²) < 4.78 is 38.9. The molecular weight excluding hydrogens is 275 g/mol. The highest BCUT2D eigenvalue weighted by Crippen LogP contribution is 2.26. The van der Waals surface area contributed by atoms with Gasteiger partial charge in [0.25, 0.3) is 0 Å². The van der Waals surface area contributed by atoms with Gasteiger partial charge in [-0.1, -0.05) is 6.92 Å². The van der Waals surface area contributed by atoms with Gasteiger partial charge in [-0.15, -0.1) is 0 Å². The van der Waals surface area contributed by atoms with Crippen molar-refractivity contribution in [1.82, 2.24) is 4.31 Å². The second-order valence-electron chi connectivity index (χ2n) is 4.16. The van der Waals surface area contributed by atoms with Crippen molar-refractivity contribution in [2.24, 2.45) is 0 Å². The van der Waals surface area contributed by atoms with Crippen LogP contribution in [0, 0.1) is 22.9 Å². The van der Waals surface area contributed by atoms with Crippen molar-refractivity contribution in [3.63, 3.8) is 0 Å². The predicted molar refractivity (Wildman–Crippen MR) is 67.9 cm³/mol. The Morgan fingerprint density at radius 1 is 1.42 bits per heavy atom. The van der Waals surface area contributed by atoms with Crippen molar-refractivity contribution in [2.45, 2.75) is 25.2 Å². The van der Waals surface area contributed by atoms with Gasteiger partial charge in [0.2, 0.25) is 15.8 Å². The standard InChI is InChI=1S/C11H15FN2O4S/c1-4-5-13(3)19(17,18)9-6-8(2)11(12)10(7-9)14(15)16/h6-7H,4-5H2,1-3H3. The van der Waals surface area contributed by atoms with E-state index in [-0.39, 0.29) is 17.0 Å². The van der Waals surface area contributed by atoms with E-state index < -0.39 is 26.5 Å². The number of benzene rings is 1. The normalized spacial score (nSPS) is 11.8. The molecule has 0 aromatic heterocycles. The van der Waals surface area contributed by atoms with E-state index >= 15 is 0 Å². The van der Waals surface area contributed by atoms with Crippen LogP contribution in [0.2, 0.25) is 0 Å². The van der Waals surface area contributed by atoms with E-state index in [4.69, 9.17) is 0 Å². The van der Waals surface area contributed by atoms with Crippen molar-refractivity contribution in [1.29, 1.82) is 0 Å². The number of rotatable bonds is 5. The van der Waals surface area contributed by atoms with Crippen LogP contribution in [0.4, 0.5) is 10.1 Å². The Morgan fingerprint density at radius 3 is 2.47 bits per heavy atom. The van der Waals surface area contributed by atoms with Gasteiger partial charge in [-0.3, -0.25) is 10.1 Å². The average Bonchev–Trinajstić information content (AvgIpc) is 2.32. The van der Waals surface area contributed by atoms with Crippen LogP contribution in [0.5, 0.6) is 0 Å². The Bertz CT molecular complexity index is 601. The van der Waals surface area contributed by atoms with Crippen molar-refractivity contribution >= 4 is 15.7 Å². The molecule has 1 aromatic carbocycles. The van der Waals surface area contributed by atoms with E-state index in [1.54, 1.807) is 0 Å². The molecule has 0 heterocycles. The molecule has 1 aromatic rings. The van der Waals surface area contributed by atoms with E-state index in [9.17, 15) is 22.9 Å². The zero-order valence-electron chi connectivity index (χ0n) is 10.9. The van der Waals surface area contributed by atoms with Crippen LogP contribution < -0.4 is 0 Å². The van der Waals surface area contributed by atoms with Crippen LogP contribution in [-0.4, -0.2) is 31.2 Å². The monoisotopic (exact) mass is 290 g/mol. The van der Waals surface area contributed by atoms with Gasteiger partial charge >= 0.3 is 5.69 Å². The largest absolute Gasteiger partial charge is 0.306 e. The van der Waals surface area contributed by atoms with Crippen molar-refractivity contribution in [2.75, 3.05) is 13.6 Å². The van der Waals surface area contributed by atoms with Gasteiger partial charge in [-0.05, 0) is 25.0 Å². The Hall–Kier alpha value is -1.54. The molecule has 19 heavy (non-hydrogen) atoms. The molecule has 0 aliphatic heterocycles. The molecule has 0 bridgehead atoms. The summed E-state index contributed by atoms with van der Waals surface area (Å²) in [6.07, 6.45) is 0.609. The van der Waals surface area contributed by atoms with E-state index in [0.29, 0.717) is 6.42 Å². The Labute approximate surface area is 111 Å². The molecule has 0 saturated carbocycles. The number of nitro groups is 1. The summed E-state index contributed by atoms with van der Waals surface area (Å²) in [4.78, 5) is 9.51. The fourth-order valence-electron chi connectivity index (χ4n) is 1.62. The minimum atomic E-state index is -3.83. The summed E-state index contributed by atoms with van der Waals surface area (Å²) in [7, 11) is -2.46. The lowest BCUT2D eigenvalue weighted by Crippen LogP contribution is -2.27. The highest BCUT2D eigenvalue weighted by Gasteiger charge is 2.26. The van der Waals surface area contributed by atoms with Crippen LogP contribution in [0.3, 0.4) is 0 Å². The fraction of sp³-hybridized carbons (Fsp3) is 0.455. The maximum absolute atomic E-state index is 13.5. The third-order valence-corrected chi connectivity index (χ3v) is 4.49. The molecule has 8 heteroatoms. The molecule has 0 fully saturated rings. The lowest BCUT2D eigenvalue weighted by atomic mass is 10.2. The average molecular weight is 290 g/mol. The van der Waals surface area contributed by atoms with E-state index in [0.717, 1.165) is 16.4 Å². The van der Waals surface area contributed by atoms with Gasteiger partial charge in [0, 0.05) is 19.7 Å². The second-order valence-corrected chi connectivity index (χ2v) is 6.20. The summed E-state index contributed by atoms with van der Waals surface area (Å²) in [6, 6.07) is 1.85. The number of halogens is 1. The zero-order chi connectivity index (χ0) is 14.8. The Balaban J connectivity index is 3.40. The molecule has 0 radical (unpaired) electrons. The van der Waals surface area contributed by atoms with E-state index in [1.807, 2.05) is 6.92 Å². The molecule has 0 unspecified atom stereocenters. The van der Waals surface area contributed by atoms with Crippen LogP contribution >= 0.6 is 0 Å². The summed E-state index contributed by atoms with van der Waals surface area (Å²) in [5, 5.41) is 10.7. The van der Waals surface area contributed by atoms with Crippen LogP contribution in [0.1, 0.15) is 18.9 Å². The number of hydrogen-bond donors (Lipinski definition) is 0. The maximum Gasteiger partial charge on any atom is 0.306 e. The molecular formula is C11H15FN2O4S. The first-order chi connectivity index (χ1) is 8.71. The highest BCUT2D eigenvalue weighted by atomic mass is 32.2. The summed E-state index contributed by atoms with van der Waals surface area (Å²) in [5.41, 5.74) is -0.902.